The van der Waals surface area contributed by atoms with Crippen molar-refractivity contribution in [3.05, 3.63) is 35.8 Å². The minimum atomic E-state index is -0.231. The molecule has 0 atom stereocenters. The number of aromatic nitrogens is 2. The van der Waals surface area contributed by atoms with Crippen molar-refractivity contribution in [2.24, 2.45) is 5.92 Å². The summed E-state index contributed by atoms with van der Waals surface area (Å²) in [5.41, 5.74) is 8.51. The Morgan fingerprint density at radius 2 is 2.11 bits per heavy atom. The summed E-state index contributed by atoms with van der Waals surface area (Å²) < 4.78 is 15.4. The average Bonchev–Trinajstić information content (AvgIpc) is 2.62. The van der Waals surface area contributed by atoms with Gasteiger partial charge in [-0.3, -0.25) is 4.68 Å². The van der Waals surface area contributed by atoms with Gasteiger partial charge in [0, 0.05) is 18.3 Å². The zero-order chi connectivity index (χ0) is 13.3. The van der Waals surface area contributed by atoms with Crippen molar-refractivity contribution >= 4 is 5.69 Å². The summed E-state index contributed by atoms with van der Waals surface area (Å²) in [5.74, 6) is 0.261. The van der Waals surface area contributed by atoms with E-state index in [4.69, 9.17) is 5.73 Å². The summed E-state index contributed by atoms with van der Waals surface area (Å²) in [7, 11) is 0. The van der Waals surface area contributed by atoms with Crippen LogP contribution in [0.1, 0.15) is 19.4 Å². The molecule has 0 amide bonds. The fraction of sp³-hybridized carbons (Fsp3) is 0.357. The summed E-state index contributed by atoms with van der Waals surface area (Å²) in [5, 5.41) is 4.42. The summed E-state index contributed by atoms with van der Waals surface area (Å²) >= 11 is 0. The van der Waals surface area contributed by atoms with E-state index in [1.165, 1.54) is 6.07 Å². The second kappa shape index (κ2) is 4.80. The van der Waals surface area contributed by atoms with Crippen molar-refractivity contribution in [3.8, 4) is 11.3 Å². The number of anilines is 1. The Labute approximate surface area is 106 Å². The molecular weight excluding hydrogens is 229 g/mol. The third-order valence-electron chi connectivity index (χ3n) is 2.79. The van der Waals surface area contributed by atoms with Crippen LogP contribution in [0.4, 0.5) is 10.1 Å². The van der Waals surface area contributed by atoms with Crippen molar-refractivity contribution in [2.75, 3.05) is 5.73 Å². The molecule has 0 aliphatic heterocycles. The quantitative estimate of drug-likeness (QED) is 0.904. The highest BCUT2D eigenvalue weighted by molar-refractivity contribution is 5.72. The van der Waals surface area contributed by atoms with Crippen LogP contribution >= 0.6 is 0 Å². The predicted octanol–water partition coefficient (Wildman–Crippen LogP) is 3.24. The topological polar surface area (TPSA) is 43.8 Å². The average molecular weight is 247 g/mol. The maximum Gasteiger partial charge on any atom is 0.126 e. The lowest BCUT2D eigenvalue weighted by molar-refractivity contribution is 0.484. The fourth-order valence-electron chi connectivity index (χ4n) is 1.87. The smallest absolute Gasteiger partial charge is 0.126 e. The molecule has 1 heterocycles. The molecule has 4 heteroatoms. The van der Waals surface area contributed by atoms with Gasteiger partial charge in [-0.25, -0.2) is 4.39 Å². The van der Waals surface area contributed by atoms with Gasteiger partial charge in [0.2, 0.25) is 0 Å². The molecule has 0 bridgehead atoms. The van der Waals surface area contributed by atoms with Crippen molar-refractivity contribution in [1.82, 2.24) is 9.78 Å². The number of hydrogen-bond acceptors (Lipinski definition) is 2. The van der Waals surface area contributed by atoms with Crippen LogP contribution in [0.3, 0.4) is 0 Å². The van der Waals surface area contributed by atoms with Crippen molar-refractivity contribution < 1.29 is 4.39 Å². The molecule has 0 saturated heterocycles. The number of nitrogens with zero attached hydrogens (tertiary/aromatic N) is 2. The Bertz CT molecular complexity index is 558. The van der Waals surface area contributed by atoms with E-state index in [2.05, 4.69) is 18.9 Å². The number of aryl methyl sites for hydroxylation is 1. The highest BCUT2D eigenvalue weighted by Gasteiger charge is 2.10. The van der Waals surface area contributed by atoms with Gasteiger partial charge in [0.25, 0.3) is 0 Å². The Kier molecular flexibility index (Phi) is 3.36. The SMILES string of the molecule is Cc1ccc(-c2nn(CC(C)C)cc2N)cc1F. The van der Waals surface area contributed by atoms with Gasteiger partial charge in [-0.1, -0.05) is 26.0 Å². The molecule has 0 unspecified atom stereocenters. The van der Waals surface area contributed by atoms with Crippen LogP contribution in [0.25, 0.3) is 11.3 Å². The molecule has 2 N–H and O–H groups in total. The summed E-state index contributed by atoms with van der Waals surface area (Å²) in [6, 6.07) is 5.07. The van der Waals surface area contributed by atoms with Crippen LogP contribution < -0.4 is 5.73 Å². The number of hydrogen-bond donors (Lipinski definition) is 1. The third-order valence-corrected chi connectivity index (χ3v) is 2.79. The number of halogens is 1. The molecule has 0 fully saturated rings. The molecular formula is C14H18FN3. The van der Waals surface area contributed by atoms with Gasteiger partial charge in [0.15, 0.2) is 0 Å². The van der Waals surface area contributed by atoms with Gasteiger partial charge in [-0.05, 0) is 24.5 Å². The van der Waals surface area contributed by atoms with Gasteiger partial charge >= 0.3 is 0 Å². The molecule has 2 aromatic rings. The van der Waals surface area contributed by atoms with E-state index in [0.29, 0.717) is 22.9 Å². The van der Waals surface area contributed by atoms with E-state index in [0.717, 1.165) is 12.1 Å². The molecule has 0 saturated carbocycles. The fourth-order valence-corrected chi connectivity index (χ4v) is 1.87. The standard InChI is InChI=1S/C14H18FN3/c1-9(2)7-18-8-13(16)14(17-18)11-5-4-10(3)12(15)6-11/h4-6,8-9H,7,16H2,1-3H3. The Hall–Kier alpha value is -1.84. The van der Waals surface area contributed by atoms with Crippen LogP contribution in [0.15, 0.2) is 24.4 Å². The highest BCUT2D eigenvalue weighted by atomic mass is 19.1. The van der Waals surface area contributed by atoms with Crippen LogP contribution in [0, 0.1) is 18.7 Å². The molecule has 96 valence electrons. The number of benzene rings is 1. The van der Waals surface area contributed by atoms with Gasteiger partial charge in [0.05, 0.1) is 5.69 Å². The van der Waals surface area contributed by atoms with Crippen molar-refractivity contribution in [1.29, 1.82) is 0 Å². The van der Waals surface area contributed by atoms with E-state index in [1.54, 1.807) is 19.2 Å². The van der Waals surface area contributed by atoms with Gasteiger partial charge in [0.1, 0.15) is 11.5 Å². The summed E-state index contributed by atoms with van der Waals surface area (Å²) in [4.78, 5) is 0. The van der Waals surface area contributed by atoms with E-state index >= 15 is 0 Å². The minimum Gasteiger partial charge on any atom is -0.396 e. The van der Waals surface area contributed by atoms with E-state index in [1.807, 2.05) is 10.7 Å². The van der Waals surface area contributed by atoms with E-state index in [9.17, 15) is 4.39 Å². The first-order chi connectivity index (χ1) is 8.47. The molecule has 18 heavy (non-hydrogen) atoms. The molecule has 0 spiro atoms. The number of nitrogens with two attached hydrogens (primary N) is 1. The normalized spacial score (nSPS) is 11.2. The lowest BCUT2D eigenvalue weighted by Gasteiger charge is -2.04. The molecule has 1 aromatic heterocycles. The lowest BCUT2D eigenvalue weighted by atomic mass is 10.1. The van der Waals surface area contributed by atoms with Crippen LogP contribution in [0.5, 0.6) is 0 Å². The van der Waals surface area contributed by atoms with Crippen molar-refractivity contribution in [3.63, 3.8) is 0 Å². The van der Waals surface area contributed by atoms with Crippen LogP contribution in [-0.4, -0.2) is 9.78 Å². The van der Waals surface area contributed by atoms with Crippen LogP contribution in [-0.2, 0) is 6.54 Å². The highest BCUT2D eigenvalue weighted by Crippen LogP contribution is 2.25. The monoisotopic (exact) mass is 247 g/mol. The first-order valence-electron chi connectivity index (χ1n) is 6.07. The molecule has 0 aliphatic rings. The van der Waals surface area contributed by atoms with E-state index in [-0.39, 0.29) is 5.82 Å². The summed E-state index contributed by atoms with van der Waals surface area (Å²) in [6.07, 6.45) is 1.80. The lowest BCUT2D eigenvalue weighted by Crippen LogP contribution is -2.04. The zero-order valence-corrected chi connectivity index (χ0v) is 10.9. The largest absolute Gasteiger partial charge is 0.396 e. The van der Waals surface area contributed by atoms with Crippen molar-refractivity contribution in [2.45, 2.75) is 27.3 Å². The number of rotatable bonds is 3. The molecule has 0 radical (unpaired) electrons. The Morgan fingerprint density at radius 1 is 1.39 bits per heavy atom. The second-order valence-corrected chi connectivity index (χ2v) is 5.01. The van der Waals surface area contributed by atoms with Gasteiger partial charge in [-0.15, -0.1) is 0 Å². The second-order valence-electron chi connectivity index (χ2n) is 5.01. The minimum absolute atomic E-state index is 0.231. The molecule has 0 aliphatic carbocycles. The first-order valence-corrected chi connectivity index (χ1v) is 6.07. The van der Waals surface area contributed by atoms with Gasteiger partial charge < -0.3 is 5.73 Å². The van der Waals surface area contributed by atoms with Crippen LogP contribution in [0.2, 0.25) is 0 Å². The Morgan fingerprint density at radius 3 is 2.72 bits per heavy atom. The molecule has 1 aromatic carbocycles. The zero-order valence-electron chi connectivity index (χ0n) is 10.9. The third kappa shape index (κ3) is 2.53. The maximum atomic E-state index is 13.5. The summed E-state index contributed by atoms with van der Waals surface area (Å²) in [6.45, 7) is 6.77. The van der Waals surface area contributed by atoms with E-state index < -0.39 is 0 Å². The maximum absolute atomic E-state index is 13.5. The van der Waals surface area contributed by atoms with Gasteiger partial charge in [-0.2, -0.15) is 5.10 Å². The molecule has 2 rings (SSSR count). The Balaban J connectivity index is 2.38. The molecule has 3 nitrogen and oxygen atoms in total. The number of nitrogen functional groups attached to an aromatic ring is 1. The first kappa shape index (κ1) is 12.6. The predicted molar refractivity (Wildman–Crippen MR) is 71.6 cm³/mol.